The van der Waals surface area contributed by atoms with Gasteiger partial charge >= 0.3 is 5.97 Å². The molecule has 0 radical (unpaired) electrons. The smallest absolute Gasteiger partial charge is 0.311 e. The second kappa shape index (κ2) is 12.0. The van der Waals surface area contributed by atoms with E-state index in [-0.39, 0.29) is 30.5 Å². The fourth-order valence-electron chi connectivity index (χ4n) is 2.88. The van der Waals surface area contributed by atoms with Gasteiger partial charge in [0.2, 0.25) is 0 Å². The number of ether oxygens (including phenoxy) is 1. The van der Waals surface area contributed by atoms with Gasteiger partial charge in [0.05, 0.1) is 12.5 Å². The topological polar surface area (TPSA) is 89.5 Å². The van der Waals surface area contributed by atoms with Crippen LogP contribution in [0.15, 0.2) is 30.3 Å². The zero-order valence-electron chi connectivity index (χ0n) is 16.3. The van der Waals surface area contributed by atoms with Gasteiger partial charge in [0.25, 0.3) is 5.91 Å². The second-order valence-electron chi connectivity index (χ2n) is 6.64. The molecule has 0 aliphatic heterocycles. The van der Waals surface area contributed by atoms with Crippen LogP contribution in [0.5, 0.6) is 0 Å². The fraction of sp³-hybridized carbons (Fsp3) is 0.524. The van der Waals surface area contributed by atoms with E-state index in [0.717, 1.165) is 0 Å². The maximum Gasteiger partial charge on any atom is 0.311 e. The van der Waals surface area contributed by atoms with Crippen molar-refractivity contribution < 1.29 is 23.9 Å². The standard InChI is InChI=1S/C21H29NO5/c1-4-27-21(26)18(12-8-9-15(2)23)19(14-13-16(3)24)22-20(25)17-10-6-5-7-11-17/h5-7,10-11,18-19H,4,8-9,12-14H2,1-3H3,(H,22,25)/t18-,19-/m0/s1. The molecule has 0 aromatic heterocycles. The first-order valence-corrected chi connectivity index (χ1v) is 9.36. The van der Waals surface area contributed by atoms with Crippen LogP contribution < -0.4 is 5.32 Å². The van der Waals surface area contributed by atoms with Gasteiger partial charge in [-0.05, 0) is 52.2 Å². The third-order valence-electron chi connectivity index (χ3n) is 4.28. The number of ketones is 2. The first-order chi connectivity index (χ1) is 12.8. The predicted octanol–water partition coefficient (Wildman–Crippen LogP) is 3.09. The monoisotopic (exact) mass is 375 g/mol. The fourth-order valence-corrected chi connectivity index (χ4v) is 2.88. The molecular formula is C21H29NO5. The number of carbonyl (C=O) groups excluding carboxylic acids is 4. The molecule has 6 nitrogen and oxygen atoms in total. The molecule has 0 heterocycles. The summed E-state index contributed by atoms with van der Waals surface area (Å²) in [6, 6.07) is 8.17. The molecule has 1 aromatic carbocycles. The Morgan fingerprint density at radius 2 is 1.59 bits per heavy atom. The van der Waals surface area contributed by atoms with E-state index in [1.807, 2.05) is 6.07 Å². The molecule has 1 amide bonds. The summed E-state index contributed by atoms with van der Waals surface area (Å²) in [4.78, 5) is 47.7. The second-order valence-corrected chi connectivity index (χ2v) is 6.64. The van der Waals surface area contributed by atoms with Crippen molar-refractivity contribution in [3.8, 4) is 0 Å². The van der Waals surface area contributed by atoms with Gasteiger partial charge in [0, 0.05) is 24.4 Å². The minimum atomic E-state index is -0.601. The summed E-state index contributed by atoms with van der Waals surface area (Å²) in [5.41, 5.74) is 0.483. The van der Waals surface area contributed by atoms with E-state index in [0.29, 0.717) is 31.2 Å². The van der Waals surface area contributed by atoms with Crippen molar-refractivity contribution in [2.45, 2.75) is 58.9 Å². The molecule has 2 atom stereocenters. The molecule has 0 spiro atoms. The van der Waals surface area contributed by atoms with Gasteiger partial charge in [0.15, 0.2) is 0 Å². The van der Waals surface area contributed by atoms with Crippen molar-refractivity contribution in [3.05, 3.63) is 35.9 Å². The van der Waals surface area contributed by atoms with Gasteiger partial charge in [-0.3, -0.25) is 9.59 Å². The molecule has 1 aromatic rings. The third-order valence-corrected chi connectivity index (χ3v) is 4.28. The van der Waals surface area contributed by atoms with Gasteiger partial charge < -0.3 is 19.6 Å². The zero-order valence-corrected chi connectivity index (χ0v) is 16.3. The summed E-state index contributed by atoms with van der Waals surface area (Å²) < 4.78 is 5.18. The maximum atomic E-state index is 12.6. The van der Waals surface area contributed by atoms with Crippen LogP contribution in [0, 0.1) is 5.92 Å². The average molecular weight is 375 g/mol. The molecule has 0 saturated carbocycles. The molecular weight excluding hydrogens is 346 g/mol. The Labute approximate surface area is 160 Å². The van der Waals surface area contributed by atoms with E-state index in [9.17, 15) is 19.2 Å². The Morgan fingerprint density at radius 3 is 2.15 bits per heavy atom. The minimum absolute atomic E-state index is 0.0136. The summed E-state index contributed by atoms with van der Waals surface area (Å²) >= 11 is 0. The minimum Gasteiger partial charge on any atom is -0.466 e. The van der Waals surface area contributed by atoms with E-state index in [1.54, 1.807) is 31.2 Å². The van der Waals surface area contributed by atoms with Crippen molar-refractivity contribution >= 4 is 23.4 Å². The highest BCUT2D eigenvalue weighted by Gasteiger charge is 2.31. The van der Waals surface area contributed by atoms with Gasteiger partial charge in [-0.2, -0.15) is 0 Å². The Morgan fingerprint density at radius 1 is 0.963 bits per heavy atom. The van der Waals surface area contributed by atoms with E-state index < -0.39 is 17.9 Å². The number of benzene rings is 1. The predicted molar refractivity (Wildman–Crippen MR) is 102 cm³/mol. The van der Waals surface area contributed by atoms with Crippen molar-refractivity contribution in [1.82, 2.24) is 5.32 Å². The lowest BCUT2D eigenvalue weighted by Gasteiger charge is -2.26. The van der Waals surface area contributed by atoms with Gasteiger partial charge in [-0.1, -0.05) is 18.2 Å². The molecule has 6 heteroatoms. The van der Waals surface area contributed by atoms with Crippen molar-refractivity contribution in [2.24, 2.45) is 5.92 Å². The van der Waals surface area contributed by atoms with Gasteiger partial charge in [-0.25, -0.2) is 0 Å². The number of Topliss-reactive ketones (excluding diaryl/α,β-unsaturated/α-hetero) is 2. The van der Waals surface area contributed by atoms with Crippen molar-refractivity contribution in [3.63, 3.8) is 0 Å². The Bertz CT molecular complexity index is 641. The molecule has 0 saturated heterocycles. The van der Waals surface area contributed by atoms with Crippen LogP contribution in [0.25, 0.3) is 0 Å². The molecule has 0 fully saturated rings. The van der Waals surface area contributed by atoms with Crippen LogP contribution in [0.1, 0.15) is 63.2 Å². The van der Waals surface area contributed by atoms with E-state index in [2.05, 4.69) is 5.32 Å². The first-order valence-electron chi connectivity index (χ1n) is 9.36. The molecule has 0 aliphatic rings. The summed E-state index contributed by atoms with van der Waals surface area (Å²) in [6.45, 7) is 4.93. The van der Waals surface area contributed by atoms with Gasteiger partial charge in [0.1, 0.15) is 11.6 Å². The summed E-state index contributed by atoms with van der Waals surface area (Å²) in [6.07, 6.45) is 1.90. The van der Waals surface area contributed by atoms with Crippen LogP contribution >= 0.6 is 0 Å². The SMILES string of the molecule is CCOC(=O)[C@@H](CCCC(C)=O)[C@H](CCC(C)=O)NC(=O)c1ccccc1. The molecule has 0 bridgehead atoms. The lowest BCUT2D eigenvalue weighted by molar-refractivity contribution is -0.149. The molecule has 0 aliphatic carbocycles. The summed E-state index contributed by atoms with van der Waals surface area (Å²) in [5, 5.41) is 2.89. The maximum absolute atomic E-state index is 12.6. The number of nitrogens with one attached hydrogen (secondary N) is 1. The number of hydrogen-bond acceptors (Lipinski definition) is 5. The molecule has 148 valence electrons. The van der Waals surface area contributed by atoms with Crippen LogP contribution in [0.3, 0.4) is 0 Å². The van der Waals surface area contributed by atoms with Crippen LogP contribution in [-0.4, -0.2) is 36.1 Å². The normalized spacial score (nSPS) is 12.7. The van der Waals surface area contributed by atoms with E-state index in [4.69, 9.17) is 4.74 Å². The third kappa shape index (κ3) is 8.62. The van der Waals surface area contributed by atoms with Gasteiger partial charge in [-0.15, -0.1) is 0 Å². The number of rotatable bonds is 12. The quantitative estimate of drug-likeness (QED) is 0.567. The molecule has 1 rings (SSSR count). The highest BCUT2D eigenvalue weighted by atomic mass is 16.5. The average Bonchev–Trinajstić information content (AvgIpc) is 2.63. The van der Waals surface area contributed by atoms with Crippen molar-refractivity contribution in [1.29, 1.82) is 0 Å². The number of hydrogen-bond donors (Lipinski definition) is 1. The largest absolute Gasteiger partial charge is 0.466 e. The lowest BCUT2D eigenvalue weighted by atomic mass is 9.89. The number of amides is 1. The summed E-state index contributed by atoms with van der Waals surface area (Å²) in [7, 11) is 0. The van der Waals surface area contributed by atoms with Crippen LogP contribution in [-0.2, 0) is 19.1 Å². The highest BCUT2D eigenvalue weighted by Crippen LogP contribution is 2.20. The number of esters is 1. The molecule has 0 unspecified atom stereocenters. The van der Waals surface area contributed by atoms with E-state index in [1.165, 1.54) is 13.8 Å². The van der Waals surface area contributed by atoms with Crippen LogP contribution in [0.2, 0.25) is 0 Å². The van der Waals surface area contributed by atoms with Crippen molar-refractivity contribution in [2.75, 3.05) is 6.61 Å². The molecule has 1 N–H and O–H groups in total. The first kappa shape index (κ1) is 22.5. The Balaban J connectivity index is 2.97. The number of carbonyl (C=O) groups is 4. The van der Waals surface area contributed by atoms with Crippen LogP contribution in [0.4, 0.5) is 0 Å². The zero-order chi connectivity index (χ0) is 20.2. The Hall–Kier alpha value is -2.50. The van der Waals surface area contributed by atoms with E-state index >= 15 is 0 Å². The lowest BCUT2D eigenvalue weighted by Crippen LogP contribution is -2.44. The molecule has 27 heavy (non-hydrogen) atoms. The summed E-state index contributed by atoms with van der Waals surface area (Å²) in [5.74, 6) is -1.28. The Kier molecular flexibility index (Phi) is 10.0. The highest BCUT2D eigenvalue weighted by molar-refractivity contribution is 5.94.